The van der Waals surface area contributed by atoms with Crippen LogP contribution in [0, 0.1) is 11.8 Å². The van der Waals surface area contributed by atoms with Crippen LogP contribution in [-0.4, -0.2) is 129 Å². The van der Waals surface area contributed by atoms with Crippen molar-refractivity contribution in [1.82, 2.24) is 29.7 Å². The zero-order valence-electron chi connectivity index (χ0n) is 37.5. The lowest BCUT2D eigenvalue weighted by atomic mass is 10.1. The second-order valence-corrected chi connectivity index (χ2v) is 23.7. The second kappa shape index (κ2) is 22.1. The predicted octanol–water partition coefficient (Wildman–Crippen LogP) is 6.33. The molecule has 4 aromatic rings. The van der Waals surface area contributed by atoms with Crippen LogP contribution in [-0.2, 0) is 42.4 Å². The highest BCUT2D eigenvalue weighted by atomic mass is 31.2. The first-order chi connectivity index (χ1) is 29.1. The van der Waals surface area contributed by atoms with Gasteiger partial charge in [0, 0.05) is 96.4 Å². The second-order valence-electron chi connectivity index (χ2n) is 15.7. The van der Waals surface area contributed by atoms with Gasteiger partial charge in [0.05, 0.1) is 48.5 Å². The van der Waals surface area contributed by atoms with Crippen LogP contribution in [0.3, 0.4) is 0 Å². The molecule has 1 fully saturated rings. The van der Waals surface area contributed by atoms with Gasteiger partial charge in [0.25, 0.3) is 0 Å². The van der Waals surface area contributed by atoms with Crippen LogP contribution in [0.25, 0.3) is 0 Å². The number of aromatic nitrogens is 3. The van der Waals surface area contributed by atoms with Crippen molar-refractivity contribution in [3.05, 3.63) is 94.9 Å². The molecule has 1 aliphatic rings. The Hall–Kier alpha value is -3.68. The van der Waals surface area contributed by atoms with E-state index in [-0.39, 0.29) is 0 Å². The van der Waals surface area contributed by atoms with Gasteiger partial charge in [-0.2, -0.15) is 0 Å². The van der Waals surface area contributed by atoms with Gasteiger partial charge in [-0.1, -0.05) is 24.0 Å². The van der Waals surface area contributed by atoms with Gasteiger partial charge in [-0.15, -0.1) is 0 Å². The molecule has 2 atom stereocenters. The molecule has 0 N–H and O–H groups in total. The highest BCUT2D eigenvalue weighted by molar-refractivity contribution is 7.69. The number of anilines is 1. The molecule has 2 unspecified atom stereocenters. The maximum atomic E-state index is 13.9. The van der Waals surface area contributed by atoms with E-state index in [1.54, 1.807) is 45.9 Å². The summed E-state index contributed by atoms with van der Waals surface area (Å²) in [5.41, 5.74) is 6.46. The molecule has 0 aliphatic carbocycles. The minimum absolute atomic E-state index is 0.295. The fourth-order valence-electron chi connectivity index (χ4n) is 7.26. The van der Waals surface area contributed by atoms with Crippen molar-refractivity contribution in [3.8, 4) is 17.6 Å². The van der Waals surface area contributed by atoms with E-state index in [1.807, 2.05) is 68.4 Å². The highest BCUT2D eigenvalue weighted by Gasteiger charge is 2.25. The number of hydrogen-bond acceptors (Lipinski definition) is 13. The lowest BCUT2D eigenvalue weighted by molar-refractivity contribution is 0.207. The highest BCUT2D eigenvalue weighted by Crippen LogP contribution is 2.41. The summed E-state index contributed by atoms with van der Waals surface area (Å²) in [6.45, 7) is 23.1. The molecule has 0 saturated carbocycles. The standard InChI is InChI=1S/C45H64N7O6P3/c1-10-52(11-2)41-31-36(22-23-42(41)56-5)20-21-37-30-40(48-45(32-37)61(9,55)58-13-4)35-51-28-26-49(33-38-16-14-18-43(46-38)59(6,7)53)24-25-50(27-29-51)34-39-17-15-19-44(47-39)60(8,54)57-12-3/h14-19,22-23,30-32H,10-13,24-29,33-35H2,1-9H3. The van der Waals surface area contributed by atoms with E-state index in [0.717, 1.165) is 86.4 Å². The number of benzene rings is 1. The molecular weight excluding hydrogens is 827 g/mol. The number of pyridine rings is 3. The van der Waals surface area contributed by atoms with Crippen LogP contribution in [0.4, 0.5) is 5.69 Å². The molecule has 1 aliphatic heterocycles. The maximum Gasteiger partial charge on any atom is 0.247 e. The van der Waals surface area contributed by atoms with E-state index in [1.165, 1.54) is 0 Å². The van der Waals surface area contributed by atoms with E-state index >= 15 is 0 Å². The van der Waals surface area contributed by atoms with Crippen LogP contribution in [0.1, 0.15) is 55.9 Å². The van der Waals surface area contributed by atoms with Crippen molar-refractivity contribution in [2.24, 2.45) is 0 Å². The van der Waals surface area contributed by atoms with E-state index < -0.39 is 21.9 Å². The summed E-state index contributed by atoms with van der Waals surface area (Å²) in [6.07, 6.45) is 0. The molecule has 5 rings (SSSR count). The van der Waals surface area contributed by atoms with Crippen molar-refractivity contribution in [2.45, 2.75) is 47.3 Å². The van der Waals surface area contributed by atoms with Gasteiger partial charge in [-0.25, -0.2) is 15.0 Å². The summed E-state index contributed by atoms with van der Waals surface area (Å²) >= 11 is 0. The van der Waals surface area contributed by atoms with Crippen LogP contribution in [0.2, 0.25) is 0 Å². The summed E-state index contributed by atoms with van der Waals surface area (Å²) in [5, 5.41) is 0. The molecule has 3 aromatic heterocycles. The molecule has 0 radical (unpaired) electrons. The Morgan fingerprint density at radius 3 is 1.57 bits per heavy atom. The van der Waals surface area contributed by atoms with Crippen LogP contribution >= 0.6 is 21.9 Å². The van der Waals surface area contributed by atoms with E-state index in [2.05, 4.69) is 45.3 Å². The first kappa shape index (κ1) is 48.4. The van der Waals surface area contributed by atoms with E-state index in [4.69, 9.17) is 28.7 Å². The third-order valence-corrected chi connectivity index (χ3v) is 15.6. The van der Waals surface area contributed by atoms with Gasteiger partial charge >= 0.3 is 0 Å². The zero-order valence-corrected chi connectivity index (χ0v) is 40.1. The number of nitrogens with zero attached hydrogens (tertiary/aromatic N) is 7. The third-order valence-electron chi connectivity index (χ3n) is 10.6. The summed E-state index contributed by atoms with van der Waals surface area (Å²) in [6, 6.07) is 21.1. The van der Waals surface area contributed by atoms with E-state index in [9.17, 15) is 13.7 Å². The Labute approximate surface area is 363 Å². The number of hydrogen-bond donors (Lipinski definition) is 0. The smallest absolute Gasteiger partial charge is 0.247 e. The summed E-state index contributed by atoms with van der Waals surface area (Å²) in [5.74, 6) is 7.49. The summed E-state index contributed by atoms with van der Waals surface area (Å²) in [7, 11) is -7.15. The zero-order chi connectivity index (χ0) is 44.2. The number of rotatable bonds is 17. The normalized spacial score (nSPS) is 16.6. The van der Waals surface area contributed by atoms with Crippen LogP contribution in [0.5, 0.6) is 5.75 Å². The minimum atomic E-state index is -3.24. The quantitative estimate of drug-likeness (QED) is 0.0866. The lowest BCUT2D eigenvalue weighted by Gasteiger charge is -2.26. The molecule has 1 saturated heterocycles. The van der Waals surface area contributed by atoms with Crippen molar-refractivity contribution < 1.29 is 27.5 Å². The Morgan fingerprint density at radius 1 is 0.590 bits per heavy atom. The fourth-order valence-corrected chi connectivity index (χ4v) is 10.7. The Bertz CT molecular complexity index is 2310. The monoisotopic (exact) mass is 891 g/mol. The molecule has 16 heteroatoms. The van der Waals surface area contributed by atoms with Crippen molar-refractivity contribution >= 4 is 43.9 Å². The van der Waals surface area contributed by atoms with Crippen LogP contribution in [0.15, 0.2) is 66.7 Å². The average Bonchev–Trinajstić information content (AvgIpc) is 3.31. The van der Waals surface area contributed by atoms with Gasteiger partial charge in [-0.05, 0) is 95.6 Å². The lowest BCUT2D eigenvalue weighted by Crippen LogP contribution is -2.36. The number of ether oxygens (including phenoxy) is 1. The molecule has 0 spiro atoms. The molecule has 0 amide bonds. The van der Waals surface area contributed by atoms with Gasteiger partial charge in [0.2, 0.25) is 14.7 Å². The summed E-state index contributed by atoms with van der Waals surface area (Å²) < 4.78 is 57.2. The minimum Gasteiger partial charge on any atom is -0.495 e. The largest absolute Gasteiger partial charge is 0.495 e. The van der Waals surface area contributed by atoms with Crippen molar-refractivity contribution in [3.63, 3.8) is 0 Å². The first-order valence-electron chi connectivity index (χ1n) is 21.1. The number of methoxy groups -OCH3 is 1. The molecule has 13 nitrogen and oxygen atoms in total. The maximum absolute atomic E-state index is 13.9. The Balaban J connectivity index is 1.47. The van der Waals surface area contributed by atoms with Crippen LogP contribution < -0.4 is 25.9 Å². The molecule has 4 heterocycles. The third kappa shape index (κ3) is 13.9. The molecular formula is C45H64N7O6P3. The van der Waals surface area contributed by atoms with Crippen molar-refractivity contribution in [2.75, 3.05) is 104 Å². The SMILES string of the molecule is CCOP(C)(=O)c1cccc(CN2CCN(Cc3cccc(P(C)(C)=O)n3)CCN(Cc3cc(C#Cc4ccc(OC)c(N(CC)CC)c4)cc(P(C)(=O)OCC)n3)CC2)n1. The molecule has 61 heavy (non-hydrogen) atoms. The topological polar surface area (TPSA) is 131 Å². The van der Waals surface area contributed by atoms with Gasteiger partial charge < -0.3 is 23.2 Å². The van der Waals surface area contributed by atoms with E-state index in [0.29, 0.717) is 54.7 Å². The molecule has 1 aromatic carbocycles. The predicted molar refractivity (Wildman–Crippen MR) is 250 cm³/mol. The van der Waals surface area contributed by atoms with Gasteiger partial charge in [0.1, 0.15) is 23.8 Å². The fraction of sp³-hybridized carbons (Fsp3) is 0.489. The summed E-state index contributed by atoms with van der Waals surface area (Å²) in [4.78, 5) is 23.9. The average molecular weight is 892 g/mol. The Kier molecular flexibility index (Phi) is 17.5. The first-order valence-corrected chi connectivity index (χ1v) is 27.9. The van der Waals surface area contributed by atoms with Crippen molar-refractivity contribution in [1.29, 1.82) is 0 Å². The van der Waals surface area contributed by atoms with Gasteiger partial charge in [0.15, 0.2) is 0 Å². The molecule has 330 valence electrons. The van der Waals surface area contributed by atoms with Gasteiger partial charge in [-0.3, -0.25) is 23.8 Å². The Morgan fingerprint density at radius 2 is 1.07 bits per heavy atom. The molecule has 0 bridgehead atoms.